The Bertz CT molecular complexity index is 1570. The lowest BCUT2D eigenvalue weighted by Crippen LogP contribution is -2.58. The van der Waals surface area contributed by atoms with Crippen LogP contribution in [0.15, 0.2) is 47.6 Å². The zero-order valence-electron chi connectivity index (χ0n) is 20.4. The van der Waals surface area contributed by atoms with E-state index >= 15 is 0 Å². The van der Waals surface area contributed by atoms with Crippen LogP contribution in [0.3, 0.4) is 0 Å². The Kier molecular flexibility index (Phi) is 5.91. The summed E-state index contributed by atoms with van der Waals surface area (Å²) in [7, 11) is 0. The molecule has 3 atom stereocenters. The average Bonchev–Trinajstić information content (AvgIpc) is 3.39. The SMILES string of the molecule is CC(=O)O[C@H]1[C@H](n2cnc3c(N)ncnc32)O[C@]2(C[C@@H](Oc3ccc4cc(Br)cnc4c3)C2)[C@H]1OC(C)=O. The van der Waals surface area contributed by atoms with Crippen LogP contribution < -0.4 is 10.5 Å². The molecule has 2 fully saturated rings. The van der Waals surface area contributed by atoms with Gasteiger partial charge in [-0.1, -0.05) is 0 Å². The highest BCUT2D eigenvalue weighted by Gasteiger charge is 2.66. The number of aromatic nitrogens is 5. The van der Waals surface area contributed by atoms with E-state index in [-0.39, 0.29) is 11.9 Å². The van der Waals surface area contributed by atoms with Crippen molar-refractivity contribution in [2.24, 2.45) is 0 Å². The standard InChI is InChI=1S/C25H23BrN6O6/c1-12(33)35-20-21(36-13(2)34)25(38-24(20)32-11-31-19-22(27)29-10-30-23(19)32)7-17(8-25)37-16-4-3-14-5-15(26)9-28-18(14)6-16/h3-6,9-11,17,20-21,24H,7-8H2,1-2H3,(H2,27,29,30)/t17-,20-,21+,24-,25+/m1/s1. The molecule has 0 unspecified atom stereocenters. The van der Waals surface area contributed by atoms with Gasteiger partial charge in [-0.25, -0.2) is 15.0 Å². The smallest absolute Gasteiger partial charge is 0.303 e. The van der Waals surface area contributed by atoms with E-state index in [2.05, 4.69) is 35.9 Å². The van der Waals surface area contributed by atoms with Gasteiger partial charge in [0, 0.05) is 48.8 Å². The molecule has 0 radical (unpaired) electrons. The molecule has 6 rings (SSSR count). The van der Waals surface area contributed by atoms with Crippen LogP contribution in [0.5, 0.6) is 5.75 Å². The first-order valence-corrected chi connectivity index (χ1v) is 12.7. The van der Waals surface area contributed by atoms with Gasteiger partial charge in [-0.05, 0) is 34.1 Å². The van der Waals surface area contributed by atoms with Gasteiger partial charge in [0.1, 0.15) is 29.3 Å². The molecule has 3 aromatic heterocycles. The van der Waals surface area contributed by atoms with Crippen molar-refractivity contribution in [3.05, 3.63) is 47.6 Å². The molecular weight excluding hydrogens is 560 g/mol. The number of nitrogens with two attached hydrogens (primary N) is 1. The Morgan fingerprint density at radius 1 is 1.11 bits per heavy atom. The number of hydrogen-bond donors (Lipinski definition) is 1. The minimum absolute atomic E-state index is 0.205. The lowest BCUT2D eigenvalue weighted by atomic mass is 9.73. The molecule has 1 saturated heterocycles. The van der Waals surface area contributed by atoms with E-state index in [1.54, 1.807) is 10.8 Å². The van der Waals surface area contributed by atoms with Gasteiger partial charge >= 0.3 is 11.9 Å². The van der Waals surface area contributed by atoms with Crippen molar-refractivity contribution in [3.63, 3.8) is 0 Å². The third-order valence-corrected chi connectivity index (χ3v) is 7.21. The van der Waals surface area contributed by atoms with Crippen molar-refractivity contribution >= 4 is 55.8 Å². The molecule has 38 heavy (non-hydrogen) atoms. The Morgan fingerprint density at radius 2 is 1.89 bits per heavy atom. The molecule has 2 aliphatic rings. The number of nitrogens with zero attached hydrogens (tertiary/aromatic N) is 5. The zero-order valence-corrected chi connectivity index (χ0v) is 22.0. The molecule has 1 aliphatic carbocycles. The molecule has 12 nitrogen and oxygen atoms in total. The van der Waals surface area contributed by atoms with E-state index < -0.39 is 36.0 Å². The zero-order chi connectivity index (χ0) is 26.6. The second kappa shape index (κ2) is 9.17. The van der Waals surface area contributed by atoms with Gasteiger partial charge in [0.25, 0.3) is 0 Å². The molecule has 4 aromatic rings. The van der Waals surface area contributed by atoms with Crippen LogP contribution in [0, 0.1) is 0 Å². The number of carbonyl (C=O) groups excluding carboxylic acids is 2. The van der Waals surface area contributed by atoms with Gasteiger partial charge in [0.2, 0.25) is 0 Å². The third kappa shape index (κ3) is 4.21. The van der Waals surface area contributed by atoms with Crippen molar-refractivity contribution in [3.8, 4) is 5.75 Å². The van der Waals surface area contributed by atoms with E-state index in [1.165, 1.54) is 26.5 Å². The fourth-order valence-corrected chi connectivity index (χ4v) is 5.57. The quantitative estimate of drug-likeness (QED) is 0.345. The summed E-state index contributed by atoms with van der Waals surface area (Å²) in [5.74, 6) is -0.195. The second-order valence-electron chi connectivity index (χ2n) is 9.42. The molecule has 2 N–H and O–H groups in total. The second-order valence-corrected chi connectivity index (χ2v) is 10.3. The molecule has 1 saturated carbocycles. The maximum Gasteiger partial charge on any atom is 0.303 e. The fraction of sp³-hybridized carbons (Fsp3) is 0.360. The predicted octanol–water partition coefficient (Wildman–Crippen LogP) is 3.09. The molecular formula is C25H23BrN6O6. The normalized spacial score (nSPS) is 26.4. The topological polar surface area (TPSA) is 154 Å². The fourth-order valence-electron chi connectivity index (χ4n) is 5.22. The Morgan fingerprint density at radius 3 is 2.66 bits per heavy atom. The summed E-state index contributed by atoms with van der Waals surface area (Å²) in [5.41, 5.74) is 6.60. The summed E-state index contributed by atoms with van der Waals surface area (Å²) < 4.78 is 26.6. The highest BCUT2D eigenvalue weighted by molar-refractivity contribution is 9.10. The van der Waals surface area contributed by atoms with Crippen LogP contribution in [-0.4, -0.2) is 60.4 Å². The summed E-state index contributed by atoms with van der Waals surface area (Å²) >= 11 is 3.43. The van der Waals surface area contributed by atoms with E-state index in [1.807, 2.05) is 24.3 Å². The lowest BCUT2D eigenvalue weighted by Gasteiger charge is -2.46. The van der Waals surface area contributed by atoms with Gasteiger partial charge in [0.15, 0.2) is 29.9 Å². The number of carbonyl (C=O) groups is 2. The Labute approximate surface area is 224 Å². The number of imidazole rings is 1. The van der Waals surface area contributed by atoms with Crippen molar-refractivity contribution < 1.29 is 28.5 Å². The third-order valence-electron chi connectivity index (χ3n) is 6.78. The van der Waals surface area contributed by atoms with Gasteiger partial charge in [-0.15, -0.1) is 0 Å². The summed E-state index contributed by atoms with van der Waals surface area (Å²) in [4.78, 5) is 41.2. The van der Waals surface area contributed by atoms with Crippen molar-refractivity contribution in [1.82, 2.24) is 24.5 Å². The van der Waals surface area contributed by atoms with Gasteiger partial charge in [-0.2, -0.15) is 0 Å². The van der Waals surface area contributed by atoms with E-state index in [0.29, 0.717) is 29.8 Å². The molecule has 1 aliphatic heterocycles. The number of nitrogen functional groups attached to an aromatic ring is 1. The average molecular weight is 583 g/mol. The molecule has 0 bridgehead atoms. The minimum atomic E-state index is -0.950. The van der Waals surface area contributed by atoms with Crippen LogP contribution in [0.1, 0.15) is 32.9 Å². The van der Waals surface area contributed by atoms with Gasteiger partial charge < -0.3 is 24.7 Å². The first kappa shape index (κ1) is 24.5. The molecule has 196 valence electrons. The van der Waals surface area contributed by atoms with Crippen molar-refractivity contribution in [2.45, 2.75) is 56.8 Å². The highest BCUT2D eigenvalue weighted by atomic mass is 79.9. The van der Waals surface area contributed by atoms with Crippen LogP contribution in [0.4, 0.5) is 5.82 Å². The van der Waals surface area contributed by atoms with Crippen LogP contribution >= 0.6 is 15.9 Å². The molecule has 1 aromatic carbocycles. The molecule has 1 spiro atoms. The molecule has 13 heteroatoms. The number of hydrogen-bond acceptors (Lipinski definition) is 11. The van der Waals surface area contributed by atoms with Crippen LogP contribution in [-0.2, 0) is 23.8 Å². The van der Waals surface area contributed by atoms with Crippen LogP contribution in [0.25, 0.3) is 22.1 Å². The van der Waals surface area contributed by atoms with Crippen LogP contribution in [0.2, 0.25) is 0 Å². The number of pyridine rings is 1. The highest BCUT2D eigenvalue weighted by Crippen LogP contribution is 2.53. The Hall–Kier alpha value is -3.84. The summed E-state index contributed by atoms with van der Waals surface area (Å²) in [6, 6.07) is 7.67. The van der Waals surface area contributed by atoms with Gasteiger partial charge in [-0.3, -0.25) is 19.1 Å². The van der Waals surface area contributed by atoms with E-state index in [0.717, 1.165) is 15.4 Å². The number of rotatable bonds is 5. The van der Waals surface area contributed by atoms with Gasteiger partial charge in [0.05, 0.1) is 11.8 Å². The number of fused-ring (bicyclic) bond motifs is 2. The van der Waals surface area contributed by atoms with Crippen molar-refractivity contribution in [1.29, 1.82) is 0 Å². The maximum atomic E-state index is 12.1. The molecule has 4 heterocycles. The number of halogens is 1. The number of esters is 2. The van der Waals surface area contributed by atoms with E-state index in [9.17, 15) is 9.59 Å². The monoisotopic (exact) mass is 582 g/mol. The first-order chi connectivity index (χ1) is 18.2. The summed E-state index contributed by atoms with van der Waals surface area (Å²) in [6.45, 7) is 2.59. The van der Waals surface area contributed by atoms with Crippen molar-refractivity contribution in [2.75, 3.05) is 5.73 Å². The number of ether oxygens (including phenoxy) is 4. The predicted molar refractivity (Wildman–Crippen MR) is 137 cm³/mol. The largest absolute Gasteiger partial charge is 0.490 e. The lowest BCUT2D eigenvalue weighted by molar-refractivity contribution is -0.197. The Balaban J connectivity index is 1.29. The first-order valence-electron chi connectivity index (χ1n) is 11.9. The van der Waals surface area contributed by atoms with E-state index in [4.69, 9.17) is 24.7 Å². The molecule has 0 amide bonds. The maximum absolute atomic E-state index is 12.1. The number of benzene rings is 1. The minimum Gasteiger partial charge on any atom is -0.490 e. The number of anilines is 1. The summed E-state index contributed by atoms with van der Waals surface area (Å²) in [5, 5.41) is 0.981. The summed E-state index contributed by atoms with van der Waals surface area (Å²) in [6.07, 6.45) is 2.41.